The molecule has 0 aliphatic heterocycles. The zero-order valence-electron chi connectivity index (χ0n) is 10.2. The quantitative estimate of drug-likeness (QED) is 0.895. The van der Waals surface area contributed by atoms with Crippen molar-refractivity contribution >= 4 is 17.3 Å². The number of nitrogens with zero attached hydrogens (tertiary/aromatic N) is 1. The van der Waals surface area contributed by atoms with Crippen LogP contribution in [0.3, 0.4) is 0 Å². The molecule has 0 amide bonds. The fourth-order valence-electron chi connectivity index (χ4n) is 1.78. The van der Waals surface area contributed by atoms with E-state index in [0.717, 1.165) is 22.7 Å². The Morgan fingerprint density at radius 1 is 1.39 bits per heavy atom. The summed E-state index contributed by atoms with van der Waals surface area (Å²) in [7, 11) is 0. The Kier molecular flexibility index (Phi) is 4.10. The molecular formula is C14H15NO2S. The molecule has 1 aromatic carbocycles. The first-order chi connectivity index (χ1) is 8.66. The number of hydrogen-bond acceptors (Lipinski definition) is 3. The molecular weight excluding hydrogens is 246 g/mol. The van der Waals surface area contributed by atoms with Gasteiger partial charge in [0.1, 0.15) is 5.01 Å². The maximum atomic E-state index is 10.4. The average molecular weight is 261 g/mol. The molecule has 0 fully saturated rings. The van der Waals surface area contributed by atoms with E-state index in [-0.39, 0.29) is 6.42 Å². The van der Waals surface area contributed by atoms with Gasteiger partial charge in [-0.1, -0.05) is 24.3 Å². The van der Waals surface area contributed by atoms with E-state index in [1.54, 1.807) is 11.3 Å². The molecule has 94 valence electrons. The highest BCUT2D eigenvalue weighted by molar-refractivity contribution is 7.13. The number of rotatable bonds is 5. The van der Waals surface area contributed by atoms with E-state index < -0.39 is 5.97 Å². The standard InChI is InChI=1S/C14H15NO2S/c1-10-5-2-3-7-12(10)14-15-11(9-18-14)6-4-8-13(16)17/h2-3,5,7,9H,4,6,8H2,1H3,(H,16,17). The molecule has 0 saturated heterocycles. The molecule has 1 heterocycles. The Hall–Kier alpha value is -1.68. The second kappa shape index (κ2) is 5.78. The van der Waals surface area contributed by atoms with Gasteiger partial charge in [-0.2, -0.15) is 0 Å². The third kappa shape index (κ3) is 3.17. The van der Waals surface area contributed by atoms with E-state index in [1.165, 1.54) is 5.56 Å². The van der Waals surface area contributed by atoms with Crippen LogP contribution in [0, 0.1) is 6.92 Å². The van der Waals surface area contributed by atoms with Crippen LogP contribution in [-0.4, -0.2) is 16.1 Å². The van der Waals surface area contributed by atoms with Crippen molar-refractivity contribution in [1.29, 1.82) is 0 Å². The minimum atomic E-state index is -0.746. The van der Waals surface area contributed by atoms with Crippen molar-refractivity contribution < 1.29 is 9.90 Å². The number of aryl methyl sites for hydroxylation is 2. The van der Waals surface area contributed by atoms with Gasteiger partial charge in [0.25, 0.3) is 0 Å². The zero-order chi connectivity index (χ0) is 13.0. The number of thiazole rings is 1. The molecule has 0 unspecified atom stereocenters. The molecule has 18 heavy (non-hydrogen) atoms. The molecule has 0 spiro atoms. The van der Waals surface area contributed by atoms with Gasteiger partial charge in [-0.25, -0.2) is 4.98 Å². The third-order valence-corrected chi connectivity index (χ3v) is 3.68. The topological polar surface area (TPSA) is 50.2 Å². The summed E-state index contributed by atoms with van der Waals surface area (Å²) >= 11 is 1.62. The summed E-state index contributed by atoms with van der Waals surface area (Å²) in [6.45, 7) is 2.07. The molecule has 0 bridgehead atoms. The van der Waals surface area contributed by atoms with Gasteiger partial charge in [-0.15, -0.1) is 11.3 Å². The monoisotopic (exact) mass is 261 g/mol. The SMILES string of the molecule is Cc1ccccc1-c1nc(CCCC(=O)O)cs1. The normalized spacial score (nSPS) is 10.5. The van der Waals surface area contributed by atoms with Crippen molar-refractivity contribution in [2.45, 2.75) is 26.2 Å². The van der Waals surface area contributed by atoms with Crippen LogP contribution >= 0.6 is 11.3 Å². The Morgan fingerprint density at radius 2 is 2.17 bits per heavy atom. The molecule has 3 nitrogen and oxygen atoms in total. The van der Waals surface area contributed by atoms with E-state index >= 15 is 0 Å². The lowest BCUT2D eigenvalue weighted by atomic mass is 10.1. The minimum absolute atomic E-state index is 0.206. The number of carboxylic acids is 1. The number of aliphatic carboxylic acids is 1. The van der Waals surface area contributed by atoms with Crippen LogP contribution in [0.2, 0.25) is 0 Å². The van der Waals surface area contributed by atoms with Gasteiger partial charge in [0.05, 0.1) is 5.69 Å². The summed E-state index contributed by atoms with van der Waals surface area (Å²) in [4.78, 5) is 15.0. The fraction of sp³-hybridized carbons (Fsp3) is 0.286. The number of aromatic nitrogens is 1. The number of carboxylic acid groups (broad SMARTS) is 1. The smallest absolute Gasteiger partial charge is 0.303 e. The summed E-state index contributed by atoms with van der Waals surface area (Å²) in [5.74, 6) is -0.746. The van der Waals surface area contributed by atoms with Crippen LogP contribution in [0.1, 0.15) is 24.1 Å². The van der Waals surface area contributed by atoms with Crippen LogP contribution in [-0.2, 0) is 11.2 Å². The lowest BCUT2D eigenvalue weighted by molar-refractivity contribution is -0.137. The van der Waals surface area contributed by atoms with E-state index in [0.29, 0.717) is 6.42 Å². The molecule has 1 N–H and O–H groups in total. The Bertz CT molecular complexity index is 548. The molecule has 1 aromatic heterocycles. The van der Waals surface area contributed by atoms with Gasteiger partial charge in [0.2, 0.25) is 0 Å². The van der Waals surface area contributed by atoms with E-state index in [4.69, 9.17) is 5.11 Å². The Labute approximate surface area is 110 Å². The highest BCUT2D eigenvalue weighted by atomic mass is 32.1. The second-order valence-corrected chi connectivity index (χ2v) is 5.06. The van der Waals surface area contributed by atoms with Gasteiger partial charge in [-0.05, 0) is 25.3 Å². The van der Waals surface area contributed by atoms with Crippen molar-refractivity contribution in [3.63, 3.8) is 0 Å². The molecule has 0 aliphatic carbocycles. The first kappa shape index (κ1) is 12.8. The third-order valence-electron chi connectivity index (χ3n) is 2.75. The maximum Gasteiger partial charge on any atom is 0.303 e. The van der Waals surface area contributed by atoms with Crippen molar-refractivity contribution in [2.24, 2.45) is 0 Å². The van der Waals surface area contributed by atoms with Crippen LogP contribution in [0.5, 0.6) is 0 Å². The van der Waals surface area contributed by atoms with Crippen LogP contribution in [0.25, 0.3) is 10.6 Å². The van der Waals surface area contributed by atoms with Crippen LogP contribution in [0.15, 0.2) is 29.6 Å². The van der Waals surface area contributed by atoms with E-state index in [2.05, 4.69) is 24.0 Å². The highest BCUT2D eigenvalue weighted by Crippen LogP contribution is 2.26. The minimum Gasteiger partial charge on any atom is -0.481 e. The first-order valence-corrected chi connectivity index (χ1v) is 6.77. The number of carbonyl (C=O) groups is 1. The number of benzene rings is 1. The van der Waals surface area contributed by atoms with Crippen molar-refractivity contribution in [3.05, 3.63) is 40.9 Å². The zero-order valence-corrected chi connectivity index (χ0v) is 11.0. The number of hydrogen-bond donors (Lipinski definition) is 1. The van der Waals surface area contributed by atoms with Gasteiger partial charge in [0.15, 0.2) is 0 Å². The largest absolute Gasteiger partial charge is 0.481 e. The average Bonchev–Trinajstić information content (AvgIpc) is 2.78. The van der Waals surface area contributed by atoms with Crippen molar-refractivity contribution in [1.82, 2.24) is 4.98 Å². The van der Waals surface area contributed by atoms with Crippen LogP contribution < -0.4 is 0 Å². The van der Waals surface area contributed by atoms with Crippen LogP contribution in [0.4, 0.5) is 0 Å². The summed E-state index contributed by atoms with van der Waals surface area (Å²) in [6.07, 6.45) is 1.58. The Balaban J connectivity index is 2.06. The summed E-state index contributed by atoms with van der Waals surface area (Å²) in [6, 6.07) is 8.16. The maximum absolute atomic E-state index is 10.4. The Morgan fingerprint density at radius 3 is 2.89 bits per heavy atom. The van der Waals surface area contributed by atoms with Gasteiger partial charge in [-0.3, -0.25) is 4.79 Å². The predicted molar refractivity (Wildman–Crippen MR) is 72.9 cm³/mol. The summed E-state index contributed by atoms with van der Waals surface area (Å²) < 4.78 is 0. The first-order valence-electron chi connectivity index (χ1n) is 5.89. The fourth-order valence-corrected chi connectivity index (χ4v) is 2.72. The predicted octanol–water partition coefficient (Wildman–Crippen LogP) is 3.53. The molecule has 4 heteroatoms. The van der Waals surface area contributed by atoms with Crippen molar-refractivity contribution in [3.8, 4) is 10.6 Å². The lowest BCUT2D eigenvalue weighted by Gasteiger charge is -2.00. The molecule has 0 saturated carbocycles. The van der Waals surface area contributed by atoms with E-state index in [1.807, 2.05) is 17.5 Å². The van der Waals surface area contributed by atoms with Gasteiger partial charge in [0, 0.05) is 17.4 Å². The van der Waals surface area contributed by atoms with Crippen molar-refractivity contribution in [2.75, 3.05) is 0 Å². The molecule has 0 aliphatic rings. The molecule has 0 atom stereocenters. The van der Waals surface area contributed by atoms with Gasteiger partial charge >= 0.3 is 5.97 Å². The molecule has 2 rings (SSSR count). The second-order valence-electron chi connectivity index (χ2n) is 4.21. The summed E-state index contributed by atoms with van der Waals surface area (Å²) in [5.41, 5.74) is 3.36. The lowest BCUT2D eigenvalue weighted by Crippen LogP contribution is -1.96. The van der Waals surface area contributed by atoms with E-state index in [9.17, 15) is 4.79 Å². The highest BCUT2D eigenvalue weighted by Gasteiger charge is 2.07. The van der Waals surface area contributed by atoms with Gasteiger partial charge < -0.3 is 5.11 Å². The molecule has 2 aromatic rings. The summed E-state index contributed by atoms with van der Waals surface area (Å²) in [5, 5.41) is 11.6. The molecule has 0 radical (unpaired) electrons.